The average molecular weight is 550 g/mol. The van der Waals surface area contributed by atoms with Crippen molar-refractivity contribution in [2.45, 2.75) is 81.2 Å². The highest BCUT2D eigenvalue weighted by molar-refractivity contribution is 5.99. The lowest BCUT2D eigenvalue weighted by atomic mass is 9.70. The van der Waals surface area contributed by atoms with Crippen LogP contribution in [0.2, 0.25) is 0 Å². The maximum Gasteiger partial charge on any atom is 0.248 e. The fourth-order valence-corrected chi connectivity index (χ4v) is 7.83. The number of ether oxygens (including phenoxy) is 1. The van der Waals surface area contributed by atoms with Gasteiger partial charge in [0.2, 0.25) is 17.7 Å². The van der Waals surface area contributed by atoms with Crippen LogP contribution in [0.1, 0.15) is 50.5 Å². The van der Waals surface area contributed by atoms with Crippen LogP contribution in [0.4, 0.5) is 0 Å². The number of benzene rings is 1. The van der Waals surface area contributed by atoms with Crippen LogP contribution in [0.5, 0.6) is 0 Å². The van der Waals surface area contributed by atoms with E-state index in [4.69, 9.17) is 4.74 Å². The summed E-state index contributed by atoms with van der Waals surface area (Å²) in [5, 5.41) is 10.7. The number of likely N-dealkylation sites (tertiary alicyclic amines) is 1. The van der Waals surface area contributed by atoms with Crippen LogP contribution >= 0.6 is 0 Å². The van der Waals surface area contributed by atoms with E-state index in [0.29, 0.717) is 32.4 Å². The van der Waals surface area contributed by atoms with Crippen molar-refractivity contribution < 1.29 is 24.2 Å². The van der Waals surface area contributed by atoms with Crippen LogP contribution in [0.25, 0.3) is 0 Å². The van der Waals surface area contributed by atoms with Crippen molar-refractivity contribution in [2.75, 3.05) is 26.7 Å². The number of nitrogens with zero attached hydrogens (tertiary/aromatic N) is 3. The number of rotatable bonds is 11. The molecule has 3 amide bonds. The van der Waals surface area contributed by atoms with Gasteiger partial charge >= 0.3 is 0 Å². The lowest BCUT2D eigenvalue weighted by Gasteiger charge is -2.42. The number of fused-ring (bicyclic) bond motifs is 1. The summed E-state index contributed by atoms with van der Waals surface area (Å²) in [4.78, 5) is 48.0. The zero-order valence-electron chi connectivity index (χ0n) is 23.6. The summed E-state index contributed by atoms with van der Waals surface area (Å²) >= 11 is 0. The molecule has 1 aromatic rings. The highest BCUT2D eigenvalue weighted by Gasteiger charge is 2.75. The van der Waals surface area contributed by atoms with Gasteiger partial charge in [0.15, 0.2) is 0 Å². The number of likely N-dealkylation sites (N-methyl/N-ethyl adjacent to an activating group) is 1. The molecule has 1 N–H and O–H groups in total. The molecule has 40 heavy (non-hydrogen) atoms. The third-order valence-corrected chi connectivity index (χ3v) is 9.58. The molecular formula is C32H43N3O5. The smallest absolute Gasteiger partial charge is 0.248 e. The predicted molar refractivity (Wildman–Crippen MR) is 152 cm³/mol. The van der Waals surface area contributed by atoms with E-state index in [1.807, 2.05) is 35.2 Å². The Morgan fingerprint density at radius 1 is 1.10 bits per heavy atom. The molecule has 6 atom stereocenters. The molecule has 216 valence electrons. The molecule has 4 fully saturated rings. The van der Waals surface area contributed by atoms with Crippen molar-refractivity contribution in [3.05, 3.63) is 61.2 Å². The van der Waals surface area contributed by atoms with Crippen LogP contribution in [0.3, 0.4) is 0 Å². The van der Waals surface area contributed by atoms with Gasteiger partial charge in [-0.3, -0.25) is 14.4 Å². The Kier molecular flexibility index (Phi) is 8.47. The van der Waals surface area contributed by atoms with Gasteiger partial charge in [-0.15, -0.1) is 13.2 Å². The molecule has 8 heteroatoms. The summed E-state index contributed by atoms with van der Waals surface area (Å²) in [5.74, 6) is -1.99. The van der Waals surface area contributed by atoms with Crippen molar-refractivity contribution in [2.24, 2.45) is 11.8 Å². The van der Waals surface area contributed by atoms with Gasteiger partial charge in [0.25, 0.3) is 0 Å². The second kappa shape index (κ2) is 11.9. The van der Waals surface area contributed by atoms with E-state index in [1.54, 1.807) is 29.0 Å². The van der Waals surface area contributed by atoms with Gasteiger partial charge in [-0.2, -0.15) is 0 Å². The molecule has 3 aliphatic heterocycles. The SMILES string of the molecule is C=CCN(C)C(=O)[C@@H]1[C@H]2C(=O)N([C@@H](CO)Cc3ccccc3)C(C(=O)N(CC=C)C3CCCCC3)C23CC[C@H]1O3. The second-order valence-electron chi connectivity index (χ2n) is 11.9. The first-order valence-electron chi connectivity index (χ1n) is 14.8. The standard InChI is InChI=1S/C32H43N3O5/c1-4-18-33(3)29(37)26-25-16-17-32(40-25)27(26)30(38)35(24(21-36)20-22-12-8-6-9-13-22)28(32)31(39)34(19-5-2)23-14-10-7-11-15-23/h4-6,8-9,12-13,23-28,36H,1-2,7,10-11,14-21H2,3H3/t24-,25-,26+,27+,28?,32?/m1/s1. The van der Waals surface area contributed by atoms with Crippen molar-refractivity contribution in [1.82, 2.24) is 14.7 Å². The molecule has 1 saturated carbocycles. The molecule has 0 radical (unpaired) electrons. The van der Waals surface area contributed by atoms with E-state index >= 15 is 0 Å². The molecular weight excluding hydrogens is 506 g/mol. The van der Waals surface area contributed by atoms with Gasteiger partial charge in [0.05, 0.1) is 30.6 Å². The quantitative estimate of drug-likeness (QED) is 0.429. The van der Waals surface area contributed by atoms with Crippen LogP contribution in [-0.4, -0.2) is 94.1 Å². The van der Waals surface area contributed by atoms with E-state index in [0.717, 1.165) is 37.7 Å². The van der Waals surface area contributed by atoms with Crippen LogP contribution in [0, 0.1) is 11.8 Å². The van der Waals surface area contributed by atoms with Crippen LogP contribution < -0.4 is 0 Å². The van der Waals surface area contributed by atoms with Crippen molar-refractivity contribution in [3.8, 4) is 0 Å². The molecule has 3 saturated heterocycles. The lowest BCUT2D eigenvalue weighted by Crippen LogP contribution is -2.60. The Balaban J connectivity index is 1.57. The number of carbonyl (C=O) groups excluding carboxylic acids is 3. The van der Waals surface area contributed by atoms with Crippen molar-refractivity contribution in [3.63, 3.8) is 0 Å². The number of carbonyl (C=O) groups is 3. The summed E-state index contributed by atoms with van der Waals surface area (Å²) in [6.07, 6.45) is 9.67. The predicted octanol–water partition coefficient (Wildman–Crippen LogP) is 2.96. The molecule has 2 unspecified atom stereocenters. The summed E-state index contributed by atoms with van der Waals surface area (Å²) in [6, 6.07) is 8.25. The van der Waals surface area contributed by atoms with E-state index in [1.165, 1.54) is 0 Å². The number of aliphatic hydroxyl groups excluding tert-OH is 1. The van der Waals surface area contributed by atoms with Crippen LogP contribution in [0.15, 0.2) is 55.6 Å². The molecule has 4 aliphatic rings. The molecule has 3 heterocycles. The van der Waals surface area contributed by atoms with Gasteiger partial charge in [-0.25, -0.2) is 0 Å². The Bertz CT molecular complexity index is 1120. The van der Waals surface area contributed by atoms with Gasteiger partial charge < -0.3 is 24.5 Å². The minimum Gasteiger partial charge on any atom is -0.394 e. The Labute approximate surface area is 237 Å². The minimum atomic E-state index is -1.09. The normalized spacial score (nSPS) is 30.1. The molecule has 8 nitrogen and oxygen atoms in total. The first-order valence-corrected chi connectivity index (χ1v) is 14.8. The Morgan fingerprint density at radius 2 is 1.80 bits per heavy atom. The molecule has 2 bridgehead atoms. The fraction of sp³-hybridized carbons (Fsp3) is 0.594. The third kappa shape index (κ3) is 4.79. The van der Waals surface area contributed by atoms with Gasteiger partial charge in [0, 0.05) is 26.2 Å². The number of aliphatic hydroxyl groups is 1. The number of amides is 3. The summed E-state index contributed by atoms with van der Waals surface area (Å²) in [6.45, 7) is 8.14. The number of hydrogen-bond acceptors (Lipinski definition) is 5. The van der Waals surface area contributed by atoms with Crippen LogP contribution in [-0.2, 0) is 25.5 Å². The van der Waals surface area contributed by atoms with Crippen molar-refractivity contribution >= 4 is 17.7 Å². The minimum absolute atomic E-state index is 0.0723. The third-order valence-electron chi connectivity index (χ3n) is 9.58. The summed E-state index contributed by atoms with van der Waals surface area (Å²) < 4.78 is 6.65. The highest BCUT2D eigenvalue weighted by Crippen LogP contribution is 2.59. The lowest BCUT2D eigenvalue weighted by molar-refractivity contribution is -0.153. The summed E-state index contributed by atoms with van der Waals surface area (Å²) in [7, 11) is 1.71. The van der Waals surface area contributed by atoms with Gasteiger partial charge in [-0.05, 0) is 37.7 Å². The van der Waals surface area contributed by atoms with E-state index in [9.17, 15) is 19.5 Å². The average Bonchev–Trinajstić information content (AvgIpc) is 3.62. The first-order chi connectivity index (χ1) is 19.4. The largest absolute Gasteiger partial charge is 0.394 e. The fourth-order valence-electron chi connectivity index (χ4n) is 7.83. The monoisotopic (exact) mass is 549 g/mol. The molecule has 1 aliphatic carbocycles. The molecule has 0 aromatic heterocycles. The van der Waals surface area contributed by atoms with Gasteiger partial charge in [0.1, 0.15) is 11.6 Å². The maximum absolute atomic E-state index is 14.7. The van der Waals surface area contributed by atoms with E-state index in [-0.39, 0.29) is 30.4 Å². The summed E-state index contributed by atoms with van der Waals surface area (Å²) in [5.41, 5.74) is -0.124. The number of hydrogen-bond donors (Lipinski definition) is 1. The Hall–Kier alpha value is -2.97. The molecule has 1 aromatic carbocycles. The Morgan fingerprint density at radius 3 is 2.45 bits per heavy atom. The zero-order valence-corrected chi connectivity index (χ0v) is 23.6. The van der Waals surface area contributed by atoms with E-state index in [2.05, 4.69) is 13.2 Å². The highest BCUT2D eigenvalue weighted by atomic mass is 16.5. The van der Waals surface area contributed by atoms with Crippen molar-refractivity contribution in [1.29, 1.82) is 0 Å². The second-order valence-corrected chi connectivity index (χ2v) is 11.9. The molecule has 1 spiro atoms. The van der Waals surface area contributed by atoms with Gasteiger partial charge in [-0.1, -0.05) is 61.7 Å². The van der Waals surface area contributed by atoms with E-state index < -0.39 is 35.6 Å². The first kappa shape index (κ1) is 28.6. The topological polar surface area (TPSA) is 90.4 Å². The molecule has 5 rings (SSSR count). The zero-order chi connectivity index (χ0) is 28.4. The maximum atomic E-state index is 14.7.